The molecule has 0 atom stereocenters. The van der Waals surface area contributed by atoms with Crippen LogP contribution in [0.5, 0.6) is 0 Å². The van der Waals surface area contributed by atoms with E-state index in [0.717, 1.165) is 11.3 Å². The maximum absolute atomic E-state index is 11.7. The van der Waals surface area contributed by atoms with E-state index in [9.17, 15) is 4.79 Å². The molecule has 0 aliphatic heterocycles. The number of carbonyl (C=O) groups excluding carboxylic acids is 1. The van der Waals surface area contributed by atoms with E-state index >= 15 is 0 Å². The van der Waals surface area contributed by atoms with Gasteiger partial charge in [-0.3, -0.25) is 4.79 Å². The normalized spacial score (nSPS) is 10.2. The van der Waals surface area contributed by atoms with Crippen molar-refractivity contribution in [1.29, 1.82) is 0 Å². The average molecular weight is 200 g/mol. The molecule has 0 aliphatic rings. The molecule has 0 amide bonds. The Labute approximate surface area is 88.4 Å². The van der Waals surface area contributed by atoms with E-state index in [1.165, 1.54) is 4.68 Å². The Morgan fingerprint density at radius 2 is 2.00 bits per heavy atom. The summed E-state index contributed by atoms with van der Waals surface area (Å²) in [4.78, 5) is 11.7. The highest BCUT2D eigenvalue weighted by Gasteiger charge is 2.06. The van der Waals surface area contributed by atoms with Gasteiger partial charge in [-0.15, -0.1) is 0 Å². The second-order valence-corrected chi connectivity index (χ2v) is 3.46. The number of aromatic nitrogens is 2. The van der Waals surface area contributed by atoms with Gasteiger partial charge in [-0.2, -0.15) is 5.10 Å². The Hall–Kier alpha value is -1.90. The van der Waals surface area contributed by atoms with Crippen LogP contribution in [0.3, 0.4) is 0 Å². The van der Waals surface area contributed by atoms with Gasteiger partial charge in [0.15, 0.2) is 0 Å². The number of hydrogen-bond donors (Lipinski definition) is 0. The molecule has 3 nitrogen and oxygen atoms in total. The highest BCUT2D eigenvalue weighted by Crippen LogP contribution is 2.02. The van der Waals surface area contributed by atoms with E-state index in [0.29, 0.717) is 6.42 Å². The summed E-state index contributed by atoms with van der Waals surface area (Å²) in [5.74, 6) is -0.00528. The van der Waals surface area contributed by atoms with Crippen LogP contribution >= 0.6 is 0 Å². The van der Waals surface area contributed by atoms with Gasteiger partial charge >= 0.3 is 0 Å². The molecule has 3 heteroatoms. The van der Waals surface area contributed by atoms with Gasteiger partial charge in [0.1, 0.15) is 0 Å². The summed E-state index contributed by atoms with van der Waals surface area (Å²) >= 11 is 0. The Morgan fingerprint density at radius 3 is 2.60 bits per heavy atom. The van der Waals surface area contributed by atoms with Crippen molar-refractivity contribution in [2.45, 2.75) is 13.3 Å². The first kappa shape index (κ1) is 9.65. The number of hydrogen-bond acceptors (Lipinski definition) is 2. The standard InChI is InChI=1S/C12H12N2O/c1-10-7-8-14(13-10)12(15)9-11-5-3-2-4-6-11/h2-8H,9H2,1H3. The van der Waals surface area contributed by atoms with Crippen LogP contribution in [-0.2, 0) is 6.42 Å². The number of carbonyl (C=O) groups is 1. The summed E-state index contributed by atoms with van der Waals surface area (Å²) < 4.78 is 1.39. The largest absolute Gasteiger partial charge is 0.272 e. The van der Waals surface area contributed by atoms with Crippen LogP contribution in [0, 0.1) is 6.92 Å². The highest BCUT2D eigenvalue weighted by atomic mass is 16.2. The molecule has 2 rings (SSSR count). The summed E-state index contributed by atoms with van der Waals surface area (Å²) in [6.45, 7) is 1.87. The van der Waals surface area contributed by atoms with Gasteiger partial charge in [0.2, 0.25) is 0 Å². The van der Waals surface area contributed by atoms with Crippen molar-refractivity contribution in [3.8, 4) is 0 Å². The van der Waals surface area contributed by atoms with Gasteiger partial charge in [0, 0.05) is 6.20 Å². The molecule has 0 spiro atoms. The summed E-state index contributed by atoms with van der Waals surface area (Å²) in [6.07, 6.45) is 2.09. The Kier molecular flexibility index (Phi) is 2.63. The molecule has 0 bridgehead atoms. The first-order valence-electron chi connectivity index (χ1n) is 4.85. The van der Waals surface area contributed by atoms with Crippen molar-refractivity contribution in [2.24, 2.45) is 0 Å². The minimum Gasteiger partial charge on any atom is -0.272 e. The number of nitrogens with zero attached hydrogens (tertiary/aromatic N) is 2. The summed E-state index contributed by atoms with van der Waals surface area (Å²) in [5.41, 5.74) is 1.87. The minimum absolute atomic E-state index is 0.00528. The zero-order valence-corrected chi connectivity index (χ0v) is 8.55. The fraction of sp³-hybridized carbons (Fsp3) is 0.167. The fourth-order valence-corrected chi connectivity index (χ4v) is 1.41. The zero-order valence-electron chi connectivity index (χ0n) is 8.55. The number of benzene rings is 1. The smallest absolute Gasteiger partial charge is 0.251 e. The lowest BCUT2D eigenvalue weighted by Gasteiger charge is -2.00. The molecule has 0 unspecified atom stereocenters. The van der Waals surface area contributed by atoms with E-state index in [2.05, 4.69) is 5.10 Å². The van der Waals surface area contributed by atoms with Crippen molar-refractivity contribution in [2.75, 3.05) is 0 Å². The molecule has 0 saturated heterocycles. The lowest BCUT2D eigenvalue weighted by atomic mass is 10.1. The quantitative estimate of drug-likeness (QED) is 0.743. The van der Waals surface area contributed by atoms with Crippen LogP contribution in [0.2, 0.25) is 0 Å². The molecule has 76 valence electrons. The summed E-state index contributed by atoms with van der Waals surface area (Å²) in [5, 5.41) is 4.07. The molecule has 0 aliphatic carbocycles. The highest BCUT2D eigenvalue weighted by molar-refractivity contribution is 5.80. The van der Waals surface area contributed by atoms with Gasteiger partial charge in [-0.05, 0) is 18.6 Å². The predicted molar refractivity (Wildman–Crippen MR) is 57.7 cm³/mol. The van der Waals surface area contributed by atoms with Crippen LogP contribution in [-0.4, -0.2) is 15.7 Å². The van der Waals surface area contributed by atoms with Crippen molar-refractivity contribution in [1.82, 2.24) is 9.78 Å². The third-order valence-electron chi connectivity index (χ3n) is 2.18. The molecule has 1 aromatic carbocycles. The van der Waals surface area contributed by atoms with E-state index in [4.69, 9.17) is 0 Å². The van der Waals surface area contributed by atoms with Crippen molar-refractivity contribution in [3.05, 3.63) is 53.9 Å². The average Bonchev–Trinajstić information content (AvgIpc) is 2.66. The van der Waals surface area contributed by atoms with Crippen LogP contribution in [0.15, 0.2) is 42.6 Å². The SMILES string of the molecule is Cc1ccn(C(=O)Cc2ccccc2)n1. The Balaban J connectivity index is 2.11. The van der Waals surface area contributed by atoms with Gasteiger partial charge in [0.25, 0.3) is 5.91 Å². The van der Waals surface area contributed by atoms with E-state index in [1.807, 2.05) is 43.3 Å². The molecule has 1 aromatic heterocycles. The maximum Gasteiger partial charge on any atom is 0.251 e. The Morgan fingerprint density at radius 1 is 1.27 bits per heavy atom. The molecule has 1 heterocycles. The van der Waals surface area contributed by atoms with E-state index in [1.54, 1.807) is 6.20 Å². The molecule has 0 radical (unpaired) electrons. The fourth-order valence-electron chi connectivity index (χ4n) is 1.41. The van der Waals surface area contributed by atoms with Crippen molar-refractivity contribution < 1.29 is 4.79 Å². The molecule has 0 saturated carbocycles. The zero-order chi connectivity index (χ0) is 10.7. The molecule has 15 heavy (non-hydrogen) atoms. The lowest BCUT2D eigenvalue weighted by molar-refractivity contribution is 0.0898. The van der Waals surface area contributed by atoms with Crippen LogP contribution in [0.1, 0.15) is 16.1 Å². The van der Waals surface area contributed by atoms with Gasteiger partial charge in [-0.1, -0.05) is 30.3 Å². The molecule has 0 N–H and O–H groups in total. The third kappa shape index (κ3) is 2.31. The van der Waals surface area contributed by atoms with Gasteiger partial charge in [0.05, 0.1) is 12.1 Å². The summed E-state index contributed by atoms with van der Waals surface area (Å²) in [6, 6.07) is 11.5. The molecular formula is C12H12N2O. The molecular weight excluding hydrogens is 188 g/mol. The van der Waals surface area contributed by atoms with Crippen molar-refractivity contribution in [3.63, 3.8) is 0 Å². The van der Waals surface area contributed by atoms with Crippen LogP contribution in [0.4, 0.5) is 0 Å². The second kappa shape index (κ2) is 4.09. The monoisotopic (exact) mass is 200 g/mol. The first-order chi connectivity index (χ1) is 7.25. The van der Waals surface area contributed by atoms with Gasteiger partial charge < -0.3 is 0 Å². The van der Waals surface area contributed by atoms with E-state index < -0.39 is 0 Å². The number of rotatable bonds is 2. The second-order valence-electron chi connectivity index (χ2n) is 3.46. The van der Waals surface area contributed by atoms with Gasteiger partial charge in [-0.25, -0.2) is 4.68 Å². The first-order valence-corrected chi connectivity index (χ1v) is 4.85. The van der Waals surface area contributed by atoms with Crippen LogP contribution < -0.4 is 0 Å². The maximum atomic E-state index is 11.7. The Bertz CT molecular complexity index is 459. The topological polar surface area (TPSA) is 34.9 Å². The van der Waals surface area contributed by atoms with Crippen molar-refractivity contribution >= 4 is 5.91 Å². The van der Waals surface area contributed by atoms with Crippen LogP contribution in [0.25, 0.3) is 0 Å². The molecule has 0 fully saturated rings. The number of aryl methyl sites for hydroxylation is 1. The predicted octanol–water partition coefficient (Wildman–Crippen LogP) is 2.07. The minimum atomic E-state index is -0.00528. The summed E-state index contributed by atoms with van der Waals surface area (Å²) in [7, 11) is 0. The lowest BCUT2D eigenvalue weighted by Crippen LogP contribution is -2.14. The van der Waals surface area contributed by atoms with E-state index in [-0.39, 0.29) is 5.91 Å². The molecule has 2 aromatic rings. The third-order valence-corrected chi connectivity index (χ3v) is 2.18.